The lowest BCUT2D eigenvalue weighted by atomic mass is 10.2. The van der Waals surface area contributed by atoms with E-state index in [1.54, 1.807) is 12.1 Å². The van der Waals surface area contributed by atoms with Gasteiger partial charge in [0.25, 0.3) is 6.43 Å². The van der Waals surface area contributed by atoms with Crippen LogP contribution < -0.4 is 4.74 Å². The SMILES string of the molecule is O=Cc1ccc(Br)c(OCC(F)F)c1. The number of carbonyl (C=O) groups excluding carboxylic acids is 1. The van der Waals surface area contributed by atoms with Crippen molar-refractivity contribution < 1.29 is 18.3 Å². The third kappa shape index (κ3) is 3.06. The van der Waals surface area contributed by atoms with Gasteiger partial charge in [-0.1, -0.05) is 6.07 Å². The molecule has 1 rings (SSSR count). The first-order valence-corrected chi connectivity index (χ1v) is 4.58. The highest BCUT2D eigenvalue weighted by atomic mass is 79.9. The number of rotatable bonds is 4. The van der Waals surface area contributed by atoms with Crippen LogP contribution in [-0.2, 0) is 0 Å². The molecule has 2 nitrogen and oxygen atoms in total. The predicted molar refractivity (Wildman–Crippen MR) is 51.0 cm³/mol. The highest BCUT2D eigenvalue weighted by Gasteiger charge is 2.07. The Morgan fingerprint density at radius 3 is 2.79 bits per heavy atom. The van der Waals surface area contributed by atoms with Crippen molar-refractivity contribution in [3.63, 3.8) is 0 Å². The van der Waals surface area contributed by atoms with Crippen molar-refractivity contribution in [2.45, 2.75) is 6.43 Å². The van der Waals surface area contributed by atoms with E-state index in [1.165, 1.54) is 6.07 Å². The summed E-state index contributed by atoms with van der Waals surface area (Å²) < 4.78 is 29.0. The molecule has 1 aromatic rings. The summed E-state index contributed by atoms with van der Waals surface area (Å²) in [6, 6.07) is 4.54. The average Bonchev–Trinajstić information content (AvgIpc) is 2.16. The molecule has 0 bridgehead atoms. The Hall–Kier alpha value is -0.970. The van der Waals surface area contributed by atoms with Gasteiger partial charge >= 0.3 is 0 Å². The maximum Gasteiger partial charge on any atom is 0.272 e. The van der Waals surface area contributed by atoms with E-state index in [0.717, 1.165) is 0 Å². The fourth-order valence-electron chi connectivity index (χ4n) is 0.857. The number of benzene rings is 1. The van der Waals surface area contributed by atoms with E-state index in [4.69, 9.17) is 4.74 Å². The van der Waals surface area contributed by atoms with Gasteiger partial charge in [-0.15, -0.1) is 0 Å². The van der Waals surface area contributed by atoms with Crippen LogP contribution in [0.4, 0.5) is 8.78 Å². The van der Waals surface area contributed by atoms with Crippen molar-refractivity contribution in [1.29, 1.82) is 0 Å². The summed E-state index contributed by atoms with van der Waals surface area (Å²) in [7, 11) is 0. The van der Waals surface area contributed by atoms with Gasteiger partial charge in [0.05, 0.1) is 4.47 Å². The molecule has 0 heterocycles. The number of ether oxygens (including phenoxy) is 1. The van der Waals surface area contributed by atoms with Crippen molar-refractivity contribution >= 4 is 22.2 Å². The molecule has 5 heteroatoms. The molecule has 0 atom stereocenters. The molecule has 0 radical (unpaired) electrons. The third-order valence-corrected chi connectivity index (χ3v) is 2.11. The zero-order chi connectivity index (χ0) is 10.6. The van der Waals surface area contributed by atoms with Crippen molar-refractivity contribution in [2.24, 2.45) is 0 Å². The minimum absolute atomic E-state index is 0.245. The van der Waals surface area contributed by atoms with Crippen molar-refractivity contribution in [3.05, 3.63) is 28.2 Å². The molecule has 0 aliphatic heterocycles. The van der Waals surface area contributed by atoms with Crippen molar-refractivity contribution in [1.82, 2.24) is 0 Å². The first-order valence-electron chi connectivity index (χ1n) is 3.79. The number of aldehydes is 1. The van der Waals surface area contributed by atoms with Crippen LogP contribution in [-0.4, -0.2) is 19.3 Å². The van der Waals surface area contributed by atoms with Gasteiger partial charge in [0.15, 0.2) is 0 Å². The standard InChI is InChI=1S/C9H7BrF2O2/c10-7-2-1-6(4-13)3-8(7)14-5-9(11)12/h1-4,9H,5H2. The Labute approximate surface area is 88.0 Å². The second-order valence-electron chi connectivity index (χ2n) is 2.51. The smallest absolute Gasteiger partial charge is 0.272 e. The molecule has 0 saturated carbocycles. The highest BCUT2D eigenvalue weighted by molar-refractivity contribution is 9.10. The Morgan fingerprint density at radius 1 is 1.50 bits per heavy atom. The maximum absolute atomic E-state index is 11.8. The zero-order valence-electron chi connectivity index (χ0n) is 7.04. The first kappa shape index (κ1) is 11.1. The van der Waals surface area contributed by atoms with E-state index < -0.39 is 13.0 Å². The molecule has 0 unspecified atom stereocenters. The summed E-state index contributed by atoms with van der Waals surface area (Å²) in [6.07, 6.45) is -1.90. The summed E-state index contributed by atoms with van der Waals surface area (Å²) >= 11 is 3.12. The fraction of sp³-hybridized carbons (Fsp3) is 0.222. The molecule has 0 saturated heterocycles. The number of carbonyl (C=O) groups is 1. The minimum Gasteiger partial charge on any atom is -0.486 e. The van der Waals surface area contributed by atoms with E-state index in [1.807, 2.05) is 0 Å². The van der Waals surface area contributed by atoms with Crippen LogP contribution in [0.2, 0.25) is 0 Å². The second kappa shape index (κ2) is 5.05. The van der Waals surface area contributed by atoms with Crippen LogP contribution in [0, 0.1) is 0 Å². The van der Waals surface area contributed by atoms with Gasteiger partial charge in [0, 0.05) is 5.56 Å². The molecular formula is C9H7BrF2O2. The maximum atomic E-state index is 11.8. The number of hydrogen-bond acceptors (Lipinski definition) is 2. The van der Waals surface area contributed by atoms with Gasteiger partial charge in [-0.2, -0.15) is 0 Å². The Morgan fingerprint density at radius 2 is 2.21 bits per heavy atom. The summed E-state index contributed by atoms with van der Waals surface area (Å²) in [5.41, 5.74) is 0.387. The minimum atomic E-state index is -2.53. The van der Waals surface area contributed by atoms with E-state index in [9.17, 15) is 13.6 Å². The lowest BCUT2D eigenvalue weighted by molar-refractivity contribution is 0.0815. The highest BCUT2D eigenvalue weighted by Crippen LogP contribution is 2.25. The summed E-state index contributed by atoms with van der Waals surface area (Å²) in [5, 5.41) is 0. The van der Waals surface area contributed by atoms with E-state index in [-0.39, 0.29) is 5.75 Å². The van der Waals surface area contributed by atoms with Crippen molar-refractivity contribution in [2.75, 3.05) is 6.61 Å². The molecule has 0 N–H and O–H groups in total. The Balaban J connectivity index is 2.78. The molecule has 14 heavy (non-hydrogen) atoms. The molecule has 0 fully saturated rings. The third-order valence-electron chi connectivity index (χ3n) is 1.46. The number of hydrogen-bond donors (Lipinski definition) is 0. The fourth-order valence-corrected chi connectivity index (χ4v) is 1.22. The zero-order valence-corrected chi connectivity index (χ0v) is 8.63. The topological polar surface area (TPSA) is 26.3 Å². The average molecular weight is 265 g/mol. The van der Waals surface area contributed by atoms with E-state index in [2.05, 4.69) is 15.9 Å². The lowest BCUT2D eigenvalue weighted by Gasteiger charge is -2.07. The summed E-state index contributed by atoms with van der Waals surface area (Å²) in [4.78, 5) is 10.4. The Bertz CT molecular complexity index is 329. The largest absolute Gasteiger partial charge is 0.486 e. The molecule has 0 aromatic heterocycles. The van der Waals surface area contributed by atoms with Crippen molar-refractivity contribution in [3.8, 4) is 5.75 Å². The first-order chi connectivity index (χ1) is 6.63. The van der Waals surface area contributed by atoms with Crippen LogP contribution in [0.3, 0.4) is 0 Å². The van der Waals surface area contributed by atoms with E-state index in [0.29, 0.717) is 16.3 Å². The molecule has 0 amide bonds. The van der Waals surface area contributed by atoms with Gasteiger partial charge in [-0.25, -0.2) is 8.78 Å². The molecule has 0 spiro atoms. The van der Waals surface area contributed by atoms with Crippen LogP contribution in [0.5, 0.6) is 5.75 Å². The number of halogens is 3. The quantitative estimate of drug-likeness (QED) is 0.782. The van der Waals surface area contributed by atoms with Gasteiger partial charge in [-0.3, -0.25) is 4.79 Å². The van der Waals surface area contributed by atoms with Crippen LogP contribution >= 0.6 is 15.9 Å². The predicted octanol–water partition coefficient (Wildman–Crippen LogP) is 2.91. The Kier molecular flexibility index (Phi) is 4.00. The van der Waals surface area contributed by atoms with Gasteiger partial charge in [-0.05, 0) is 28.1 Å². The summed E-state index contributed by atoms with van der Waals surface area (Å²) in [5.74, 6) is 0.245. The van der Waals surface area contributed by atoms with Gasteiger partial charge in [0.1, 0.15) is 18.6 Å². The van der Waals surface area contributed by atoms with Gasteiger partial charge < -0.3 is 4.74 Å². The lowest BCUT2D eigenvalue weighted by Crippen LogP contribution is -2.07. The van der Waals surface area contributed by atoms with E-state index >= 15 is 0 Å². The molecule has 76 valence electrons. The van der Waals surface area contributed by atoms with Crippen LogP contribution in [0.1, 0.15) is 10.4 Å². The monoisotopic (exact) mass is 264 g/mol. The molecule has 0 aliphatic rings. The molecular weight excluding hydrogens is 258 g/mol. The molecule has 1 aromatic carbocycles. The van der Waals surface area contributed by atoms with Crippen LogP contribution in [0.25, 0.3) is 0 Å². The molecule has 0 aliphatic carbocycles. The van der Waals surface area contributed by atoms with Crippen LogP contribution in [0.15, 0.2) is 22.7 Å². The second-order valence-corrected chi connectivity index (χ2v) is 3.36. The normalized spacial score (nSPS) is 10.3. The summed E-state index contributed by atoms with van der Waals surface area (Å²) in [6.45, 7) is -0.680. The van der Waals surface area contributed by atoms with Gasteiger partial charge in [0.2, 0.25) is 0 Å². The number of alkyl halides is 2.